The maximum Gasteiger partial charge on any atom is 0.326 e. The lowest BCUT2D eigenvalue weighted by Crippen LogP contribution is -2.56. The zero-order chi connectivity index (χ0) is 30.0. The quantitative estimate of drug-likeness (QED) is 0.393. The number of aryl methyl sites for hydroxylation is 3. The van der Waals surface area contributed by atoms with Gasteiger partial charge in [0.1, 0.15) is 5.84 Å². The molecule has 2 aliphatic rings. The molecule has 0 aliphatic carbocycles. The fraction of sp³-hybridized carbons (Fsp3) is 0.433. The van der Waals surface area contributed by atoms with E-state index in [1.54, 1.807) is 12.0 Å². The van der Waals surface area contributed by atoms with E-state index in [1.807, 2.05) is 37.8 Å². The number of nitrogens with one attached hydrogen (secondary N) is 2. The minimum atomic E-state index is -0.424. The third-order valence-corrected chi connectivity index (χ3v) is 7.68. The van der Waals surface area contributed by atoms with Crippen LogP contribution in [0.2, 0.25) is 0 Å². The van der Waals surface area contributed by atoms with Crippen molar-refractivity contribution in [2.45, 2.75) is 46.6 Å². The van der Waals surface area contributed by atoms with Crippen LogP contribution in [0.15, 0.2) is 29.3 Å². The number of H-pyrrole nitrogens is 1. The van der Waals surface area contributed by atoms with Crippen molar-refractivity contribution in [1.82, 2.24) is 30.5 Å². The minimum absolute atomic E-state index is 0.104. The van der Waals surface area contributed by atoms with E-state index in [9.17, 15) is 9.59 Å². The Balaban J connectivity index is 1.48. The van der Waals surface area contributed by atoms with Crippen molar-refractivity contribution in [2.24, 2.45) is 4.99 Å². The topological polar surface area (TPSA) is 134 Å². The van der Waals surface area contributed by atoms with E-state index in [2.05, 4.69) is 39.8 Å². The van der Waals surface area contributed by atoms with E-state index < -0.39 is 5.91 Å². The first-order chi connectivity index (χ1) is 20.2. The van der Waals surface area contributed by atoms with E-state index >= 15 is 0 Å². The second-order valence-corrected chi connectivity index (χ2v) is 10.5. The molecule has 0 bridgehead atoms. The van der Waals surface area contributed by atoms with Gasteiger partial charge < -0.3 is 24.4 Å². The predicted molar refractivity (Wildman–Crippen MR) is 157 cm³/mol. The molecule has 1 atom stereocenters. The third-order valence-electron chi connectivity index (χ3n) is 7.68. The molecular formula is C30H37N7O5. The maximum atomic E-state index is 14.1. The Kier molecular flexibility index (Phi) is 8.32. The van der Waals surface area contributed by atoms with Gasteiger partial charge in [-0.3, -0.25) is 9.69 Å². The fourth-order valence-corrected chi connectivity index (χ4v) is 5.82. The molecule has 3 aromatic rings. The summed E-state index contributed by atoms with van der Waals surface area (Å²) in [4.78, 5) is 35.5. The second kappa shape index (κ2) is 12.1. The van der Waals surface area contributed by atoms with E-state index in [0.29, 0.717) is 43.3 Å². The van der Waals surface area contributed by atoms with Crippen LogP contribution < -0.4 is 19.5 Å². The van der Waals surface area contributed by atoms with Gasteiger partial charge in [0.15, 0.2) is 17.2 Å². The molecule has 2 aliphatic heterocycles. The lowest BCUT2D eigenvalue weighted by molar-refractivity contribution is 0.0938. The van der Waals surface area contributed by atoms with E-state index in [0.717, 1.165) is 33.5 Å². The fourth-order valence-electron chi connectivity index (χ4n) is 5.82. The summed E-state index contributed by atoms with van der Waals surface area (Å²) < 4.78 is 16.6. The van der Waals surface area contributed by atoms with Crippen LogP contribution in [-0.2, 0) is 6.42 Å². The molecule has 42 heavy (non-hydrogen) atoms. The van der Waals surface area contributed by atoms with Gasteiger partial charge in [-0.25, -0.2) is 14.9 Å². The molecular weight excluding hydrogens is 538 g/mol. The zero-order valence-corrected chi connectivity index (χ0v) is 24.9. The van der Waals surface area contributed by atoms with Gasteiger partial charge in [0.25, 0.3) is 11.8 Å². The molecule has 1 unspecified atom stereocenters. The van der Waals surface area contributed by atoms with Crippen LogP contribution in [0.4, 0.5) is 10.5 Å². The number of amidine groups is 1. The number of hydrogen-bond acceptors (Lipinski definition) is 8. The Morgan fingerprint density at radius 3 is 2.57 bits per heavy atom. The molecule has 1 saturated heterocycles. The van der Waals surface area contributed by atoms with E-state index in [1.165, 1.54) is 7.11 Å². The average Bonchev–Trinajstić information content (AvgIpc) is 3.45. The maximum absolute atomic E-state index is 14.1. The summed E-state index contributed by atoms with van der Waals surface area (Å²) in [6.07, 6.45) is 1.20. The molecule has 1 aromatic heterocycles. The lowest BCUT2D eigenvalue weighted by atomic mass is 9.88. The number of benzene rings is 2. The summed E-state index contributed by atoms with van der Waals surface area (Å²) in [6, 6.07) is 7.85. The molecule has 3 heterocycles. The van der Waals surface area contributed by atoms with Crippen LogP contribution >= 0.6 is 0 Å². The molecule has 0 saturated carbocycles. The SMILES string of the molecule is CCOc1cc2c(cc1OC)C1CC(=Nc3c(C)cc(C)cc3C)N(CCNC(=O)c3[nH]nnc3OC)C(=O)N1CC2. The summed E-state index contributed by atoms with van der Waals surface area (Å²) in [5.74, 6) is 1.67. The summed E-state index contributed by atoms with van der Waals surface area (Å²) in [5, 5.41) is 12.8. The molecule has 5 rings (SSSR count). The summed E-state index contributed by atoms with van der Waals surface area (Å²) in [5.41, 5.74) is 6.37. The summed E-state index contributed by atoms with van der Waals surface area (Å²) in [7, 11) is 3.04. The molecule has 2 aromatic carbocycles. The van der Waals surface area contributed by atoms with Gasteiger partial charge in [-0.2, -0.15) is 0 Å². The monoisotopic (exact) mass is 575 g/mol. The number of aromatic amines is 1. The van der Waals surface area contributed by atoms with Crippen molar-refractivity contribution >= 4 is 23.5 Å². The largest absolute Gasteiger partial charge is 0.493 e. The lowest BCUT2D eigenvalue weighted by Gasteiger charge is -2.45. The van der Waals surface area contributed by atoms with Gasteiger partial charge in [-0.05, 0) is 68.5 Å². The average molecular weight is 576 g/mol. The number of aliphatic imine (C=N–C) groups is 1. The van der Waals surface area contributed by atoms with Crippen LogP contribution in [0, 0.1) is 20.8 Å². The van der Waals surface area contributed by atoms with Gasteiger partial charge in [-0.15, -0.1) is 0 Å². The highest BCUT2D eigenvalue weighted by Crippen LogP contribution is 2.42. The Morgan fingerprint density at radius 2 is 1.88 bits per heavy atom. The number of rotatable bonds is 9. The number of carbonyl (C=O) groups is 2. The van der Waals surface area contributed by atoms with Crippen molar-refractivity contribution in [3.63, 3.8) is 0 Å². The van der Waals surface area contributed by atoms with Gasteiger partial charge >= 0.3 is 6.03 Å². The molecule has 12 heteroatoms. The first kappa shape index (κ1) is 28.9. The number of nitrogens with zero attached hydrogens (tertiary/aromatic N) is 5. The van der Waals surface area contributed by atoms with Gasteiger partial charge in [0.2, 0.25) is 0 Å². The zero-order valence-electron chi connectivity index (χ0n) is 24.9. The highest BCUT2D eigenvalue weighted by Gasteiger charge is 2.41. The van der Waals surface area contributed by atoms with Crippen molar-refractivity contribution in [1.29, 1.82) is 0 Å². The number of hydrogen-bond donors (Lipinski definition) is 2. The third kappa shape index (κ3) is 5.48. The first-order valence-electron chi connectivity index (χ1n) is 14.1. The second-order valence-electron chi connectivity index (χ2n) is 10.5. The number of carbonyl (C=O) groups excluding carboxylic acids is 2. The summed E-state index contributed by atoms with van der Waals surface area (Å²) >= 11 is 0. The van der Waals surface area contributed by atoms with Gasteiger partial charge in [-0.1, -0.05) is 28.0 Å². The van der Waals surface area contributed by atoms with Gasteiger partial charge in [0.05, 0.1) is 32.6 Å². The molecule has 1 fully saturated rings. The van der Waals surface area contributed by atoms with Crippen molar-refractivity contribution in [3.05, 3.63) is 57.8 Å². The molecule has 0 radical (unpaired) electrons. The summed E-state index contributed by atoms with van der Waals surface area (Å²) in [6.45, 7) is 9.58. The van der Waals surface area contributed by atoms with Crippen molar-refractivity contribution < 1.29 is 23.8 Å². The predicted octanol–water partition coefficient (Wildman–Crippen LogP) is 4.03. The minimum Gasteiger partial charge on any atom is -0.493 e. The Morgan fingerprint density at radius 1 is 1.12 bits per heavy atom. The van der Waals surface area contributed by atoms with Gasteiger partial charge in [0, 0.05) is 26.1 Å². The number of fused-ring (bicyclic) bond motifs is 3. The highest BCUT2D eigenvalue weighted by atomic mass is 16.5. The van der Waals surface area contributed by atoms with Crippen LogP contribution in [0.25, 0.3) is 0 Å². The molecule has 12 nitrogen and oxygen atoms in total. The normalized spacial score (nSPS) is 17.1. The van der Waals surface area contributed by atoms with Crippen LogP contribution in [-0.4, -0.2) is 83.4 Å². The Bertz CT molecular complexity index is 1510. The van der Waals surface area contributed by atoms with Crippen LogP contribution in [0.1, 0.15) is 57.7 Å². The molecule has 2 N–H and O–H groups in total. The van der Waals surface area contributed by atoms with Crippen molar-refractivity contribution in [3.8, 4) is 17.4 Å². The van der Waals surface area contributed by atoms with Crippen molar-refractivity contribution in [2.75, 3.05) is 40.5 Å². The van der Waals surface area contributed by atoms with Crippen LogP contribution in [0.5, 0.6) is 17.4 Å². The molecule has 3 amide bonds. The Labute approximate surface area is 245 Å². The molecule has 222 valence electrons. The Hall–Kier alpha value is -4.61. The number of urea groups is 1. The van der Waals surface area contributed by atoms with Crippen LogP contribution in [0.3, 0.4) is 0 Å². The number of aromatic nitrogens is 3. The number of ether oxygens (including phenoxy) is 3. The standard InChI is InChI=1S/C30H37N7O5/c1-7-42-24-14-20-8-10-36-22(21(20)15-23(24)40-5)16-25(32-26-18(3)12-17(2)13-19(26)4)37(30(36)39)11-9-31-28(38)27-29(41-6)34-35-33-27/h12-15,22H,7-11,16H2,1-6H3,(H,31,38)(H,33,34,35). The number of methoxy groups -OCH3 is 2. The first-order valence-corrected chi connectivity index (χ1v) is 14.1. The highest BCUT2D eigenvalue weighted by molar-refractivity contribution is 6.02. The van der Waals surface area contributed by atoms with E-state index in [-0.39, 0.29) is 36.7 Å². The van der Waals surface area contributed by atoms with E-state index in [4.69, 9.17) is 19.2 Å². The smallest absolute Gasteiger partial charge is 0.326 e. The molecule has 0 spiro atoms. The number of amides is 3.